The summed E-state index contributed by atoms with van der Waals surface area (Å²) in [6, 6.07) is 1.57. The first-order valence-corrected chi connectivity index (χ1v) is 11.2. The lowest BCUT2D eigenvalue weighted by Crippen LogP contribution is -2.40. The van der Waals surface area contributed by atoms with Crippen LogP contribution in [-0.4, -0.2) is 12.1 Å². The molecule has 1 rings (SSSR count). The summed E-state index contributed by atoms with van der Waals surface area (Å²) >= 11 is 0. The van der Waals surface area contributed by atoms with Crippen molar-refractivity contribution in [3.63, 3.8) is 0 Å². The van der Waals surface area contributed by atoms with E-state index in [4.69, 9.17) is 0 Å². The number of nitrogens with one attached hydrogen (secondary N) is 1. The van der Waals surface area contributed by atoms with Crippen molar-refractivity contribution in [2.75, 3.05) is 0 Å². The highest BCUT2D eigenvalue weighted by Crippen LogP contribution is 2.17. The van der Waals surface area contributed by atoms with Gasteiger partial charge in [-0.2, -0.15) is 0 Å². The predicted molar refractivity (Wildman–Crippen MR) is 110 cm³/mol. The van der Waals surface area contributed by atoms with Gasteiger partial charge in [-0.1, -0.05) is 83.3 Å². The van der Waals surface area contributed by atoms with E-state index in [1.165, 1.54) is 109 Å². The summed E-state index contributed by atoms with van der Waals surface area (Å²) in [6.45, 7) is 4.63. The molecule has 24 heavy (non-hydrogen) atoms. The molecule has 142 valence electrons. The molecule has 0 unspecified atom stereocenters. The summed E-state index contributed by atoms with van der Waals surface area (Å²) < 4.78 is 0. The Kier molecular flexibility index (Phi) is 14.7. The molecule has 0 bridgehead atoms. The van der Waals surface area contributed by atoms with E-state index in [0.717, 1.165) is 12.1 Å². The average molecular weight is 336 g/mol. The van der Waals surface area contributed by atoms with Gasteiger partial charge in [0.15, 0.2) is 0 Å². The maximum Gasteiger partial charge on any atom is 0.00695 e. The van der Waals surface area contributed by atoms with Crippen LogP contribution in [0.3, 0.4) is 0 Å². The van der Waals surface area contributed by atoms with E-state index in [2.05, 4.69) is 31.3 Å². The Morgan fingerprint density at radius 3 is 1.96 bits per heavy atom. The number of allylic oxidation sites excluding steroid dienone is 2. The third-order valence-corrected chi connectivity index (χ3v) is 5.52. The molecule has 0 aromatic heterocycles. The number of hydrogen-bond acceptors (Lipinski definition) is 1. The minimum Gasteiger partial charge on any atom is -0.312 e. The molecule has 0 aromatic rings. The number of unbranched alkanes of at least 4 members (excludes halogenated alkanes) is 11. The topological polar surface area (TPSA) is 12.0 Å². The van der Waals surface area contributed by atoms with Crippen LogP contribution in [0.25, 0.3) is 0 Å². The summed E-state index contributed by atoms with van der Waals surface area (Å²) in [6.07, 6.45) is 28.7. The van der Waals surface area contributed by atoms with Gasteiger partial charge in [0.25, 0.3) is 0 Å². The third-order valence-electron chi connectivity index (χ3n) is 5.52. The molecule has 0 radical (unpaired) electrons. The molecule has 0 spiro atoms. The molecule has 0 aromatic carbocycles. The monoisotopic (exact) mass is 335 g/mol. The molecular weight excluding hydrogens is 290 g/mol. The largest absolute Gasteiger partial charge is 0.312 e. The summed E-state index contributed by atoms with van der Waals surface area (Å²) in [5.74, 6) is 0. The lowest BCUT2D eigenvalue weighted by atomic mass is 9.95. The molecule has 1 aliphatic heterocycles. The van der Waals surface area contributed by atoms with Crippen molar-refractivity contribution in [1.82, 2.24) is 5.32 Å². The van der Waals surface area contributed by atoms with Crippen LogP contribution >= 0.6 is 0 Å². The molecule has 1 heteroatoms. The van der Waals surface area contributed by atoms with Crippen molar-refractivity contribution in [1.29, 1.82) is 0 Å². The minimum atomic E-state index is 0.756. The normalized spacial score (nSPS) is 21.6. The van der Waals surface area contributed by atoms with Gasteiger partial charge in [0.05, 0.1) is 0 Å². The van der Waals surface area contributed by atoms with Gasteiger partial charge in [-0.05, 0) is 51.9 Å². The Labute approximate surface area is 153 Å². The number of hydrogen-bond donors (Lipinski definition) is 1. The maximum atomic E-state index is 3.76. The first-order valence-electron chi connectivity index (χ1n) is 11.2. The smallest absolute Gasteiger partial charge is 0.00695 e. The van der Waals surface area contributed by atoms with E-state index in [0.29, 0.717) is 0 Å². The Balaban J connectivity index is 1.76. The maximum absolute atomic E-state index is 3.76. The Morgan fingerprint density at radius 1 is 0.750 bits per heavy atom. The van der Waals surface area contributed by atoms with Gasteiger partial charge in [-0.3, -0.25) is 0 Å². The quantitative estimate of drug-likeness (QED) is 0.240. The average Bonchev–Trinajstić information content (AvgIpc) is 2.58. The standard InChI is InChI=1S/C23H45N/c1-3-4-5-6-7-8-9-10-11-12-13-14-15-16-17-20-23-21-18-19-22(2)24-23/h10-11,22-24H,3-9,12-21H2,1-2H3/b11-10-/t22-,23-/m0/s1. The SMILES string of the molecule is CCCCCCCC/C=C\CCCCCCC[C@H]1CCC[C@H](C)N1. The molecule has 1 fully saturated rings. The first-order chi connectivity index (χ1) is 11.8. The van der Waals surface area contributed by atoms with Crippen LogP contribution < -0.4 is 5.32 Å². The summed E-state index contributed by atoms with van der Waals surface area (Å²) in [5, 5.41) is 3.76. The fourth-order valence-corrected chi connectivity index (χ4v) is 3.93. The van der Waals surface area contributed by atoms with Crippen LogP contribution in [0.5, 0.6) is 0 Å². The van der Waals surface area contributed by atoms with Gasteiger partial charge in [-0.15, -0.1) is 0 Å². The summed E-state index contributed by atoms with van der Waals surface area (Å²) in [7, 11) is 0. The van der Waals surface area contributed by atoms with E-state index in [1.54, 1.807) is 0 Å². The Morgan fingerprint density at radius 2 is 1.33 bits per heavy atom. The van der Waals surface area contributed by atoms with Crippen molar-refractivity contribution in [2.24, 2.45) is 0 Å². The second-order valence-electron chi connectivity index (χ2n) is 8.07. The number of piperidine rings is 1. The molecule has 1 N–H and O–H groups in total. The van der Waals surface area contributed by atoms with Crippen molar-refractivity contribution < 1.29 is 0 Å². The zero-order valence-electron chi connectivity index (χ0n) is 16.8. The van der Waals surface area contributed by atoms with E-state index in [9.17, 15) is 0 Å². The highest BCUT2D eigenvalue weighted by Gasteiger charge is 2.16. The van der Waals surface area contributed by atoms with Crippen LogP contribution in [0.2, 0.25) is 0 Å². The highest BCUT2D eigenvalue weighted by molar-refractivity contribution is 4.81. The zero-order valence-corrected chi connectivity index (χ0v) is 16.8. The van der Waals surface area contributed by atoms with E-state index < -0.39 is 0 Å². The lowest BCUT2D eigenvalue weighted by molar-refractivity contribution is 0.314. The molecule has 0 amide bonds. The van der Waals surface area contributed by atoms with Gasteiger partial charge in [-0.25, -0.2) is 0 Å². The second-order valence-corrected chi connectivity index (χ2v) is 8.07. The summed E-state index contributed by atoms with van der Waals surface area (Å²) in [5.41, 5.74) is 0. The molecule has 1 saturated heterocycles. The molecule has 1 aliphatic rings. The molecule has 2 atom stereocenters. The lowest BCUT2D eigenvalue weighted by Gasteiger charge is -2.28. The van der Waals surface area contributed by atoms with Gasteiger partial charge < -0.3 is 5.32 Å². The molecule has 0 saturated carbocycles. The second kappa shape index (κ2) is 16.2. The van der Waals surface area contributed by atoms with Crippen LogP contribution in [0, 0.1) is 0 Å². The van der Waals surface area contributed by atoms with Crippen LogP contribution in [0.15, 0.2) is 12.2 Å². The van der Waals surface area contributed by atoms with Gasteiger partial charge in [0.1, 0.15) is 0 Å². The van der Waals surface area contributed by atoms with Crippen molar-refractivity contribution >= 4 is 0 Å². The van der Waals surface area contributed by atoms with E-state index in [-0.39, 0.29) is 0 Å². The zero-order chi connectivity index (χ0) is 17.3. The molecular formula is C23H45N. The fraction of sp³-hybridized carbons (Fsp3) is 0.913. The Bertz CT molecular complexity index is 284. The minimum absolute atomic E-state index is 0.756. The van der Waals surface area contributed by atoms with Crippen molar-refractivity contribution in [3.8, 4) is 0 Å². The van der Waals surface area contributed by atoms with E-state index in [1.807, 2.05) is 0 Å². The summed E-state index contributed by atoms with van der Waals surface area (Å²) in [4.78, 5) is 0. The van der Waals surface area contributed by atoms with Gasteiger partial charge in [0, 0.05) is 12.1 Å². The van der Waals surface area contributed by atoms with Gasteiger partial charge >= 0.3 is 0 Å². The molecule has 1 heterocycles. The fourth-order valence-electron chi connectivity index (χ4n) is 3.93. The first kappa shape index (κ1) is 21.7. The van der Waals surface area contributed by atoms with Crippen molar-refractivity contribution in [2.45, 2.75) is 135 Å². The predicted octanol–water partition coefficient (Wildman–Crippen LogP) is 7.55. The third kappa shape index (κ3) is 13.0. The van der Waals surface area contributed by atoms with Gasteiger partial charge in [0.2, 0.25) is 0 Å². The molecule has 1 nitrogen and oxygen atoms in total. The molecule has 0 aliphatic carbocycles. The van der Waals surface area contributed by atoms with Crippen LogP contribution in [0.1, 0.15) is 123 Å². The Hall–Kier alpha value is -0.300. The highest BCUT2D eigenvalue weighted by atomic mass is 15.0. The van der Waals surface area contributed by atoms with Crippen LogP contribution in [-0.2, 0) is 0 Å². The van der Waals surface area contributed by atoms with Crippen LogP contribution in [0.4, 0.5) is 0 Å². The van der Waals surface area contributed by atoms with Crippen molar-refractivity contribution in [3.05, 3.63) is 12.2 Å². The van der Waals surface area contributed by atoms with E-state index >= 15 is 0 Å². The number of rotatable bonds is 15.